The van der Waals surface area contributed by atoms with Crippen LogP contribution in [0.3, 0.4) is 0 Å². The largest absolute Gasteiger partial charge is 0.505 e. The Morgan fingerprint density at radius 3 is 2.79 bits per heavy atom. The van der Waals surface area contributed by atoms with Crippen molar-refractivity contribution in [3.63, 3.8) is 0 Å². The number of phenols is 1. The number of fused-ring (bicyclic) bond motifs is 1. The number of hydrogen-bond donors (Lipinski definition) is 3. The third-order valence-corrected chi connectivity index (χ3v) is 3.29. The maximum atomic E-state index is 12.1. The number of anilines is 1. The third-order valence-electron chi connectivity index (χ3n) is 3.29. The molecule has 5 nitrogen and oxygen atoms in total. The van der Waals surface area contributed by atoms with Crippen LogP contribution in [0.15, 0.2) is 12.1 Å². The minimum absolute atomic E-state index is 0.0464. The van der Waals surface area contributed by atoms with E-state index in [1.807, 2.05) is 6.92 Å². The van der Waals surface area contributed by atoms with E-state index in [1.54, 1.807) is 19.1 Å². The van der Waals surface area contributed by atoms with Crippen LogP contribution in [0.1, 0.15) is 42.1 Å². The summed E-state index contributed by atoms with van der Waals surface area (Å²) in [6, 6.07) is 3.12. The van der Waals surface area contributed by atoms with E-state index in [0.29, 0.717) is 11.1 Å². The van der Waals surface area contributed by atoms with Crippen molar-refractivity contribution < 1.29 is 14.7 Å². The van der Waals surface area contributed by atoms with E-state index >= 15 is 0 Å². The van der Waals surface area contributed by atoms with Gasteiger partial charge in [0.2, 0.25) is 5.91 Å². The van der Waals surface area contributed by atoms with Crippen molar-refractivity contribution in [2.45, 2.75) is 39.2 Å². The van der Waals surface area contributed by atoms with Crippen molar-refractivity contribution in [2.24, 2.45) is 0 Å². The summed E-state index contributed by atoms with van der Waals surface area (Å²) in [5, 5.41) is 15.5. The smallest absolute Gasteiger partial charge is 0.253 e. The molecule has 1 atom stereocenters. The number of rotatable bonds is 2. The van der Waals surface area contributed by atoms with Crippen LogP contribution in [0.4, 0.5) is 5.69 Å². The molecule has 102 valence electrons. The molecule has 1 aromatic carbocycles. The van der Waals surface area contributed by atoms with Gasteiger partial charge in [-0.15, -0.1) is 0 Å². The Morgan fingerprint density at radius 1 is 1.37 bits per heavy atom. The average molecular weight is 262 g/mol. The van der Waals surface area contributed by atoms with E-state index in [2.05, 4.69) is 10.6 Å². The van der Waals surface area contributed by atoms with Crippen LogP contribution in [-0.2, 0) is 4.79 Å². The van der Waals surface area contributed by atoms with E-state index in [9.17, 15) is 14.7 Å². The van der Waals surface area contributed by atoms with Gasteiger partial charge in [0, 0.05) is 12.5 Å². The predicted octanol–water partition coefficient (Wildman–Crippen LogP) is 1.94. The number of carbonyl (C=O) groups is 2. The first-order valence-electron chi connectivity index (χ1n) is 6.46. The summed E-state index contributed by atoms with van der Waals surface area (Å²) in [6.07, 6.45) is 1.88. The molecule has 0 radical (unpaired) electrons. The van der Waals surface area contributed by atoms with Gasteiger partial charge in [-0.2, -0.15) is 0 Å². The van der Waals surface area contributed by atoms with E-state index in [-0.39, 0.29) is 35.7 Å². The summed E-state index contributed by atoms with van der Waals surface area (Å²) in [5.74, 6) is -0.501. The van der Waals surface area contributed by atoms with Crippen molar-refractivity contribution >= 4 is 17.5 Å². The first-order chi connectivity index (χ1) is 9.02. The van der Waals surface area contributed by atoms with Gasteiger partial charge in [-0.25, -0.2) is 0 Å². The van der Waals surface area contributed by atoms with Crippen LogP contribution < -0.4 is 10.6 Å². The van der Waals surface area contributed by atoms with Crippen molar-refractivity contribution in [3.05, 3.63) is 23.3 Å². The summed E-state index contributed by atoms with van der Waals surface area (Å²) >= 11 is 0. The molecule has 1 aliphatic rings. The molecule has 1 aromatic rings. The maximum Gasteiger partial charge on any atom is 0.253 e. The van der Waals surface area contributed by atoms with E-state index < -0.39 is 0 Å². The molecule has 5 heteroatoms. The SMILES string of the molecule is CCCC1CC(=O)Nc2c(ccc(C)c2O)C(=O)N1. The first kappa shape index (κ1) is 13.4. The number of aryl methyl sites for hydroxylation is 1. The van der Waals surface area contributed by atoms with Gasteiger partial charge < -0.3 is 15.7 Å². The Bertz CT molecular complexity index is 526. The highest BCUT2D eigenvalue weighted by Crippen LogP contribution is 2.32. The molecule has 1 aliphatic heterocycles. The molecular formula is C14H18N2O3. The molecule has 0 aromatic heterocycles. The standard InChI is InChI=1S/C14H18N2O3/c1-3-4-9-7-11(17)16-12-10(14(19)15-9)6-5-8(2)13(12)18/h5-6,9,18H,3-4,7H2,1-2H3,(H,15,19)(H,16,17). The maximum absolute atomic E-state index is 12.1. The number of amides is 2. The van der Waals surface area contributed by atoms with Gasteiger partial charge in [-0.1, -0.05) is 19.4 Å². The molecule has 1 heterocycles. The van der Waals surface area contributed by atoms with Gasteiger partial charge in [0.05, 0.1) is 11.3 Å². The number of benzene rings is 1. The quantitative estimate of drug-likeness (QED) is 0.713. The topological polar surface area (TPSA) is 78.4 Å². The number of nitrogens with one attached hydrogen (secondary N) is 2. The molecule has 0 spiro atoms. The van der Waals surface area contributed by atoms with Crippen LogP contribution in [0.25, 0.3) is 0 Å². The number of hydrogen-bond acceptors (Lipinski definition) is 3. The Balaban J connectivity index is 2.41. The van der Waals surface area contributed by atoms with Crippen molar-refractivity contribution in [1.29, 1.82) is 0 Å². The second-order valence-corrected chi connectivity index (χ2v) is 4.86. The number of carbonyl (C=O) groups excluding carboxylic acids is 2. The normalized spacial score (nSPS) is 18.9. The van der Waals surface area contributed by atoms with Crippen LogP contribution in [-0.4, -0.2) is 23.0 Å². The molecule has 0 aliphatic carbocycles. The Hall–Kier alpha value is -2.04. The van der Waals surface area contributed by atoms with Gasteiger partial charge in [0.15, 0.2) is 0 Å². The summed E-state index contributed by atoms with van der Waals surface area (Å²) in [7, 11) is 0. The Labute approximate surface area is 112 Å². The summed E-state index contributed by atoms with van der Waals surface area (Å²) in [6.45, 7) is 3.73. The van der Waals surface area contributed by atoms with Crippen molar-refractivity contribution in [2.75, 3.05) is 5.32 Å². The average Bonchev–Trinajstić information content (AvgIpc) is 2.33. The Kier molecular flexibility index (Phi) is 3.74. The third kappa shape index (κ3) is 2.70. The van der Waals surface area contributed by atoms with Gasteiger partial charge in [0.25, 0.3) is 5.91 Å². The highest BCUT2D eigenvalue weighted by Gasteiger charge is 2.25. The number of phenolic OH excluding ortho intramolecular Hbond substituents is 1. The predicted molar refractivity (Wildman–Crippen MR) is 72.3 cm³/mol. The monoisotopic (exact) mass is 262 g/mol. The first-order valence-corrected chi connectivity index (χ1v) is 6.46. The zero-order valence-corrected chi connectivity index (χ0v) is 11.1. The second kappa shape index (κ2) is 5.30. The lowest BCUT2D eigenvalue weighted by molar-refractivity contribution is -0.116. The van der Waals surface area contributed by atoms with Crippen molar-refractivity contribution in [1.82, 2.24) is 5.32 Å². The zero-order chi connectivity index (χ0) is 14.0. The van der Waals surface area contributed by atoms with E-state index in [0.717, 1.165) is 12.8 Å². The van der Waals surface area contributed by atoms with E-state index in [4.69, 9.17) is 0 Å². The molecular weight excluding hydrogens is 244 g/mol. The second-order valence-electron chi connectivity index (χ2n) is 4.86. The summed E-state index contributed by atoms with van der Waals surface area (Å²) in [5.41, 5.74) is 1.13. The molecule has 0 fully saturated rings. The van der Waals surface area contributed by atoms with Gasteiger partial charge in [-0.05, 0) is 25.0 Å². The highest BCUT2D eigenvalue weighted by atomic mass is 16.3. The van der Waals surface area contributed by atoms with Crippen LogP contribution in [0.2, 0.25) is 0 Å². The van der Waals surface area contributed by atoms with Gasteiger partial charge in [-0.3, -0.25) is 9.59 Å². The molecule has 2 amide bonds. The van der Waals surface area contributed by atoms with Crippen molar-refractivity contribution in [3.8, 4) is 5.75 Å². The molecule has 0 saturated carbocycles. The van der Waals surface area contributed by atoms with Crippen LogP contribution in [0.5, 0.6) is 5.75 Å². The molecule has 0 saturated heterocycles. The lowest BCUT2D eigenvalue weighted by Gasteiger charge is -2.23. The lowest BCUT2D eigenvalue weighted by Crippen LogP contribution is -2.40. The van der Waals surface area contributed by atoms with Crippen LogP contribution >= 0.6 is 0 Å². The lowest BCUT2D eigenvalue weighted by atomic mass is 10.0. The minimum atomic E-state index is -0.260. The van der Waals surface area contributed by atoms with Gasteiger partial charge in [0.1, 0.15) is 5.75 Å². The number of aromatic hydroxyl groups is 1. The fourth-order valence-corrected chi connectivity index (χ4v) is 2.26. The fraction of sp³-hybridized carbons (Fsp3) is 0.429. The molecule has 3 N–H and O–H groups in total. The zero-order valence-electron chi connectivity index (χ0n) is 11.1. The molecule has 0 bridgehead atoms. The molecule has 2 rings (SSSR count). The van der Waals surface area contributed by atoms with Gasteiger partial charge >= 0.3 is 0 Å². The minimum Gasteiger partial charge on any atom is -0.505 e. The van der Waals surface area contributed by atoms with Crippen LogP contribution in [0, 0.1) is 6.92 Å². The molecule has 1 unspecified atom stereocenters. The fourth-order valence-electron chi connectivity index (χ4n) is 2.26. The summed E-state index contributed by atoms with van der Waals surface area (Å²) < 4.78 is 0. The highest BCUT2D eigenvalue weighted by molar-refractivity contribution is 6.07. The Morgan fingerprint density at radius 2 is 2.11 bits per heavy atom. The summed E-state index contributed by atoms with van der Waals surface area (Å²) in [4.78, 5) is 24.0. The molecule has 19 heavy (non-hydrogen) atoms. The van der Waals surface area contributed by atoms with E-state index in [1.165, 1.54) is 0 Å².